The minimum atomic E-state index is -0.736. The van der Waals surface area contributed by atoms with Crippen LogP contribution < -0.4 is 10.9 Å². The second-order valence-electron chi connectivity index (χ2n) is 7.25. The van der Waals surface area contributed by atoms with Gasteiger partial charge in [0.25, 0.3) is 5.56 Å². The first-order valence-electron chi connectivity index (χ1n) is 9.95. The van der Waals surface area contributed by atoms with Gasteiger partial charge >= 0.3 is 0 Å². The van der Waals surface area contributed by atoms with Crippen molar-refractivity contribution in [1.29, 1.82) is 0 Å². The van der Waals surface area contributed by atoms with Crippen molar-refractivity contribution < 1.29 is 0 Å². The molecule has 0 bridgehead atoms. The lowest BCUT2D eigenvalue weighted by molar-refractivity contribution is 0.685. The number of nitroso groups, excluding NO2 is 1. The van der Waals surface area contributed by atoms with Crippen molar-refractivity contribution in [2.75, 3.05) is 11.9 Å². The smallest absolute Gasteiger partial charge is 0.266 e. The molecule has 2 N–H and O–H groups in total. The first-order valence-corrected chi connectivity index (χ1v) is 9.95. The molecule has 0 aliphatic rings. The summed E-state index contributed by atoms with van der Waals surface area (Å²) in [5, 5.41) is 6.81. The highest BCUT2D eigenvalue weighted by Gasteiger charge is 2.24. The minimum Gasteiger partial charge on any atom is -0.356 e. The van der Waals surface area contributed by atoms with E-state index in [1.165, 1.54) is 17.2 Å². The molecule has 0 amide bonds. The third-order valence-corrected chi connectivity index (χ3v) is 5.24. The second-order valence-corrected chi connectivity index (χ2v) is 7.25. The molecule has 3 heterocycles. The van der Waals surface area contributed by atoms with Crippen LogP contribution in [0, 0.1) is 11.8 Å². The fourth-order valence-electron chi connectivity index (χ4n) is 3.77. The molecule has 0 fully saturated rings. The van der Waals surface area contributed by atoms with E-state index in [-0.39, 0.29) is 12.1 Å². The van der Waals surface area contributed by atoms with Crippen LogP contribution in [-0.2, 0) is 0 Å². The van der Waals surface area contributed by atoms with Crippen molar-refractivity contribution in [1.82, 2.24) is 29.5 Å². The van der Waals surface area contributed by atoms with Crippen LogP contribution in [0.15, 0.2) is 71.2 Å². The fourth-order valence-corrected chi connectivity index (χ4v) is 3.77. The molecule has 5 rings (SSSR count). The quantitative estimate of drug-likeness (QED) is 0.398. The summed E-state index contributed by atoms with van der Waals surface area (Å²) in [6.45, 7) is 1.70. The third kappa shape index (κ3) is 3.27. The van der Waals surface area contributed by atoms with Gasteiger partial charge in [-0.1, -0.05) is 35.5 Å². The summed E-state index contributed by atoms with van der Waals surface area (Å²) in [6, 6.07) is 13.9. The van der Waals surface area contributed by atoms with Crippen molar-refractivity contribution in [3.8, 4) is 5.69 Å². The summed E-state index contributed by atoms with van der Waals surface area (Å²) in [7, 11) is 0. The maximum atomic E-state index is 13.6. The number of rotatable bonds is 6. The van der Waals surface area contributed by atoms with Gasteiger partial charge in [-0.05, 0) is 30.7 Å². The normalized spacial score (nSPS) is 12.2. The maximum Gasteiger partial charge on any atom is 0.266 e. The van der Waals surface area contributed by atoms with Gasteiger partial charge in [-0.3, -0.25) is 9.36 Å². The topological polar surface area (TPSA) is 131 Å². The van der Waals surface area contributed by atoms with Crippen LogP contribution >= 0.6 is 0 Å². The van der Waals surface area contributed by atoms with Crippen LogP contribution in [0.5, 0.6) is 0 Å². The molecule has 0 spiro atoms. The highest BCUT2D eigenvalue weighted by molar-refractivity contribution is 5.83. The van der Waals surface area contributed by atoms with E-state index in [2.05, 4.69) is 30.4 Å². The molecule has 0 saturated carbocycles. The molecule has 1 atom stereocenters. The van der Waals surface area contributed by atoms with Gasteiger partial charge in [0.15, 0.2) is 11.5 Å². The molecule has 10 heteroatoms. The number of hydrogen-bond acceptors (Lipinski definition) is 8. The van der Waals surface area contributed by atoms with Gasteiger partial charge in [-0.2, -0.15) is 4.91 Å². The molecular formula is C22H18N8O2. The van der Waals surface area contributed by atoms with Crippen molar-refractivity contribution in [3.63, 3.8) is 0 Å². The summed E-state index contributed by atoms with van der Waals surface area (Å²) >= 11 is 0. The van der Waals surface area contributed by atoms with E-state index in [1.807, 2.05) is 49.4 Å². The zero-order valence-electron chi connectivity index (χ0n) is 17.1. The van der Waals surface area contributed by atoms with Crippen LogP contribution in [0.1, 0.15) is 17.4 Å². The summed E-state index contributed by atoms with van der Waals surface area (Å²) in [5.74, 6) is 0.754. The number of H-pyrrole nitrogens is 1. The second kappa shape index (κ2) is 7.99. The van der Waals surface area contributed by atoms with Crippen LogP contribution in [-0.4, -0.2) is 36.0 Å². The molecule has 158 valence electrons. The molecule has 0 radical (unpaired) electrons. The minimum absolute atomic E-state index is 0.174. The SMILES string of the molecule is Cc1cccc2nc(C(CN=O)Nc3ncnc4[nH]cnc34)n(-c3ccccc3)c(=O)c12. The number of benzene rings is 2. The monoisotopic (exact) mass is 426 g/mol. The Bertz CT molecular complexity index is 1490. The van der Waals surface area contributed by atoms with Crippen molar-refractivity contribution in [3.05, 3.63) is 87.8 Å². The van der Waals surface area contributed by atoms with Crippen molar-refractivity contribution >= 4 is 27.9 Å². The molecular weight excluding hydrogens is 408 g/mol. The first kappa shape index (κ1) is 19.5. The average Bonchev–Trinajstić information content (AvgIpc) is 3.29. The summed E-state index contributed by atoms with van der Waals surface area (Å²) in [6.07, 6.45) is 2.89. The van der Waals surface area contributed by atoms with Crippen LogP contribution in [0.4, 0.5) is 5.82 Å². The lowest BCUT2D eigenvalue weighted by Crippen LogP contribution is -2.30. The highest BCUT2D eigenvalue weighted by Crippen LogP contribution is 2.25. The number of imidazole rings is 1. The van der Waals surface area contributed by atoms with Gasteiger partial charge in [0.2, 0.25) is 0 Å². The molecule has 1 unspecified atom stereocenters. The largest absolute Gasteiger partial charge is 0.356 e. The highest BCUT2D eigenvalue weighted by atomic mass is 16.3. The Morgan fingerprint density at radius 3 is 2.75 bits per heavy atom. The first-order chi connectivity index (χ1) is 15.7. The van der Waals surface area contributed by atoms with Gasteiger partial charge in [-0.25, -0.2) is 19.9 Å². The summed E-state index contributed by atoms with van der Waals surface area (Å²) in [5.41, 5.74) is 2.83. The van der Waals surface area contributed by atoms with Gasteiger partial charge in [0.05, 0.1) is 22.9 Å². The van der Waals surface area contributed by atoms with Crippen LogP contribution in [0.3, 0.4) is 0 Å². The molecule has 10 nitrogen and oxygen atoms in total. The Morgan fingerprint density at radius 2 is 1.94 bits per heavy atom. The van der Waals surface area contributed by atoms with E-state index in [0.29, 0.717) is 39.4 Å². The number of fused-ring (bicyclic) bond motifs is 2. The Labute approximate surface area is 181 Å². The predicted octanol–water partition coefficient (Wildman–Crippen LogP) is 3.28. The Balaban J connectivity index is 1.75. The number of aromatic amines is 1. The Kier molecular flexibility index (Phi) is 4.86. The third-order valence-electron chi connectivity index (χ3n) is 5.24. The average molecular weight is 426 g/mol. The molecule has 32 heavy (non-hydrogen) atoms. The van der Waals surface area contributed by atoms with Crippen LogP contribution in [0.25, 0.3) is 27.8 Å². The van der Waals surface area contributed by atoms with Gasteiger partial charge in [0, 0.05) is 0 Å². The molecule has 3 aromatic heterocycles. The zero-order chi connectivity index (χ0) is 22.1. The summed E-state index contributed by atoms with van der Waals surface area (Å²) < 4.78 is 1.51. The van der Waals surface area contributed by atoms with Crippen molar-refractivity contribution in [2.45, 2.75) is 13.0 Å². The molecule has 5 aromatic rings. The molecule has 0 aliphatic carbocycles. The fraction of sp³-hybridized carbons (Fsp3) is 0.136. The Morgan fingerprint density at radius 1 is 1.09 bits per heavy atom. The lowest BCUT2D eigenvalue weighted by atomic mass is 10.1. The molecule has 0 saturated heterocycles. The summed E-state index contributed by atoms with van der Waals surface area (Å²) in [4.78, 5) is 45.4. The number of aromatic nitrogens is 6. The van der Waals surface area contributed by atoms with Crippen molar-refractivity contribution in [2.24, 2.45) is 5.18 Å². The van der Waals surface area contributed by atoms with Crippen LogP contribution in [0.2, 0.25) is 0 Å². The number of hydrogen-bond donors (Lipinski definition) is 2. The zero-order valence-corrected chi connectivity index (χ0v) is 17.1. The van der Waals surface area contributed by atoms with E-state index in [9.17, 15) is 9.70 Å². The van der Waals surface area contributed by atoms with E-state index in [0.717, 1.165) is 5.56 Å². The van der Waals surface area contributed by atoms with E-state index in [1.54, 1.807) is 6.07 Å². The van der Waals surface area contributed by atoms with Gasteiger partial charge in [-0.15, -0.1) is 0 Å². The maximum absolute atomic E-state index is 13.6. The molecule has 0 aliphatic heterocycles. The number of para-hydroxylation sites is 1. The van der Waals surface area contributed by atoms with Gasteiger partial charge < -0.3 is 10.3 Å². The lowest BCUT2D eigenvalue weighted by Gasteiger charge is -2.21. The number of nitrogens with zero attached hydrogens (tertiary/aromatic N) is 6. The number of anilines is 1. The standard InChI is InChI=1S/C22H18N8O2/c1-13-6-5-9-15-17(13)22(31)30(14-7-3-2-4-8-14)21(29-15)16(10-27-32)28-20-18-19(24-11-23-18)25-12-26-20/h2-9,11-12,16H,10H2,1H3,(H2,23,24,25,26,28). The van der Waals surface area contributed by atoms with E-state index < -0.39 is 6.04 Å². The molecule has 2 aromatic carbocycles. The van der Waals surface area contributed by atoms with E-state index in [4.69, 9.17) is 4.98 Å². The van der Waals surface area contributed by atoms with Gasteiger partial charge in [0.1, 0.15) is 30.3 Å². The Hall–Kier alpha value is -4.47. The van der Waals surface area contributed by atoms with E-state index >= 15 is 0 Å². The predicted molar refractivity (Wildman–Crippen MR) is 121 cm³/mol. The number of aryl methyl sites for hydroxylation is 1. The number of nitrogens with one attached hydrogen (secondary N) is 2.